The zero-order valence-electron chi connectivity index (χ0n) is 15.8. The minimum atomic E-state index is -0.790. The van der Waals surface area contributed by atoms with Gasteiger partial charge < -0.3 is 9.15 Å². The normalized spacial score (nSPS) is 15.5. The third kappa shape index (κ3) is 2.67. The Morgan fingerprint density at radius 1 is 1.07 bits per heavy atom. The topological polar surface area (TPSA) is 72.6 Å². The van der Waals surface area contributed by atoms with Crippen LogP contribution in [-0.2, 0) is 0 Å². The first-order valence-electron chi connectivity index (χ1n) is 9.23. The summed E-state index contributed by atoms with van der Waals surface area (Å²) in [5.41, 5.74) is 0.498. The number of carbonyl (C=O) groups is 1. The van der Waals surface area contributed by atoms with Crippen LogP contribution < -0.4 is 15.1 Å². The molecule has 1 atom stereocenters. The Balaban J connectivity index is 1.83. The second-order valence-corrected chi connectivity index (χ2v) is 6.86. The smallest absolute Gasteiger partial charge is 0.296 e. The molecule has 3 heterocycles. The van der Waals surface area contributed by atoms with Crippen LogP contribution in [0, 0.1) is 5.82 Å². The van der Waals surface area contributed by atoms with Gasteiger partial charge in [-0.1, -0.05) is 18.2 Å². The second-order valence-electron chi connectivity index (χ2n) is 6.86. The lowest BCUT2D eigenvalue weighted by Crippen LogP contribution is -2.30. The molecule has 7 heteroatoms. The third-order valence-electron chi connectivity index (χ3n) is 5.14. The summed E-state index contributed by atoms with van der Waals surface area (Å²) in [5, 5.41) is 0.0808. The average molecular weight is 402 g/mol. The summed E-state index contributed by atoms with van der Waals surface area (Å²) in [5.74, 6) is -0.169. The van der Waals surface area contributed by atoms with Gasteiger partial charge in [-0.2, -0.15) is 0 Å². The number of pyridine rings is 1. The van der Waals surface area contributed by atoms with E-state index in [9.17, 15) is 14.0 Å². The zero-order valence-corrected chi connectivity index (χ0v) is 15.8. The van der Waals surface area contributed by atoms with Crippen LogP contribution >= 0.6 is 0 Å². The summed E-state index contributed by atoms with van der Waals surface area (Å²) < 4.78 is 24.9. The van der Waals surface area contributed by atoms with Crippen molar-refractivity contribution in [1.29, 1.82) is 0 Å². The van der Waals surface area contributed by atoms with E-state index in [0.717, 1.165) is 6.07 Å². The molecule has 2 aromatic heterocycles. The molecule has 0 N–H and O–H groups in total. The van der Waals surface area contributed by atoms with Crippen LogP contribution in [0.15, 0.2) is 76.1 Å². The Morgan fingerprint density at radius 3 is 2.70 bits per heavy atom. The summed E-state index contributed by atoms with van der Waals surface area (Å²) in [4.78, 5) is 32.4. The molecule has 1 aliphatic rings. The van der Waals surface area contributed by atoms with Crippen molar-refractivity contribution in [3.8, 4) is 5.75 Å². The zero-order chi connectivity index (χ0) is 20.8. The van der Waals surface area contributed by atoms with Crippen LogP contribution in [0.1, 0.15) is 27.7 Å². The Hall–Kier alpha value is -4.00. The van der Waals surface area contributed by atoms with E-state index in [1.165, 1.54) is 24.1 Å². The number of fused-ring (bicyclic) bond motifs is 2. The SMILES string of the molecule is COc1cccc([C@H]2c3c(oc4ccc(F)cc4c3=O)C(=O)N2c2ccccn2)c1. The van der Waals surface area contributed by atoms with E-state index >= 15 is 0 Å². The van der Waals surface area contributed by atoms with Crippen molar-refractivity contribution in [1.82, 2.24) is 4.98 Å². The van der Waals surface area contributed by atoms with Gasteiger partial charge in [0, 0.05) is 6.20 Å². The maximum Gasteiger partial charge on any atom is 0.296 e. The molecule has 4 aromatic rings. The molecule has 0 spiro atoms. The van der Waals surface area contributed by atoms with E-state index in [1.807, 2.05) is 0 Å². The largest absolute Gasteiger partial charge is 0.497 e. The molecule has 30 heavy (non-hydrogen) atoms. The number of aromatic nitrogens is 1. The number of rotatable bonds is 3. The van der Waals surface area contributed by atoms with Crippen LogP contribution in [0.2, 0.25) is 0 Å². The molecular weight excluding hydrogens is 387 g/mol. The first-order valence-corrected chi connectivity index (χ1v) is 9.23. The lowest BCUT2D eigenvalue weighted by molar-refractivity contribution is 0.0970. The van der Waals surface area contributed by atoms with Gasteiger partial charge in [0.15, 0.2) is 5.43 Å². The highest BCUT2D eigenvalue weighted by Gasteiger charge is 2.44. The second kappa shape index (κ2) is 6.81. The van der Waals surface area contributed by atoms with Crippen LogP contribution in [0.3, 0.4) is 0 Å². The highest BCUT2D eigenvalue weighted by Crippen LogP contribution is 2.41. The fourth-order valence-corrected chi connectivity index (χ4v) is 3.80. The molecule has 0 fully saturated rings. The number of hydrogen-bond donors (Lipinski definition) is 0. The first kappa shape index (κ1) is 18.1. The van der Waals surface area contributed by atoms with E-state index in [2.05, 4.69) is 4.98 Å². The summed E-state index contributed by atoms with van der Waals surface area (Å²) >= 11 is 0. The predicted octanol–water partition coefficient (Wildman–Crippen LogP) is 4.09. The lowest BCUT2D eigenvalue weighted by Gasteiger charge is -2.24. The molecular formula is C23H15FN2O4. The van der Waals surface area contributed by atoms with Crippen LogP contribution in [0.4, 0.5) is 10.2 Å². The number of halogens is 1. The van der Waals surface area contributed by atoms with Crippen LogP contribution in [-0.4, -0.2) is 18.0 Å². The van der Waals surface area contributed by atoms with Crippen molar-refractivity contribution in [3.05, 3.63) is 99.8 Å². The van der Waals surface area contributed by atoms with Crippen molar-refractivity contribution in [3.63, 3.8) is 0 Å². The Kier molecular flexibility index (Phi) is 4.10. The number of anilines is 1. The fraction of sp³-hybridized carbons (Fsp3) is 0.0870. The van der Waals surface area contributed by atoms with Gasteiger partial charge in [0.1, 0.15) is 23.0 Å². The first-order chi connectivity index (χ1) is 14.6. The molecule has 2 aromatic carbocycles. The molecule has 5 rings (SSSR count). The highest BCUT2D eigenvalue weighted by atomic mass is 19.1. The number of carbonyl (C=O) groups excluding carboxylic acids is 1. The van der Waals surface area contributed by atoms with E-state index in [0.29, 0.717) is 17.1 Å². The summed E-state index contributed by atoms with van der Waals surface area (Å²) in [6, 6.07) is 15.1. The van der Waals surface area contributed by atoms with E-state index in [4.69, 9.17) is 9.15 Å². The molecule has 148 valence electrons. The number of methoxy groups -OCH3 is 1. The molecule has 1 amide bonds. The van der Waals surface area contributed by atoms with Gasteiger partial charge in [-0.15, -0.1) is 0 Å². The minimum Gasteiger partial charge on any atom is -0.497 e. The molecule has 0 saturated carbocycles. The van der Waals surface area contributed by atoms with Crippen molar-refractivity contribution < 1.29 is 18.3 Å². The quantitative estimate of drug-likeness (QED) is 0.516. The molecule has 0 bridgehead atoms. The molecule has 1 aliphatic heterocycles. The number of hydrogen-bond acceptors (Lipinski definition) is 5. The van der Waals surface area contributed by atoms with Gasteiger partial charge in [-0.05, 0) is 48.0 Å². The number of ether oxygens (including phenoxy) is 1. The van der Waals surface area contributed by atoms with Crippen molar-refractivity contribution in [2.75, 3.05) is 12.0 Å². The highest BCUT2D eigenvalue weighted by molar-refractivity contribution is 6.10. The van der Waals surface area contributed by atoms with Crippen LogP contribution in [0.5, 0.6) is 5.75 Å². The van der Waals surface area contributed by atoms with E-state index in [-0.39, 0.29) is 22.3 Å². The number of nitrogens with zero attached hydrogens (tertiary/aromatic N) is 2. The van der Waals surface area contributed by atoms with E-state index < -0.39 is 23.2 Å². The fourth-order valence-electron chi connectivity index (χ4n) is 3.80. The Morgan fingerprint density at radius 2 is 1.93 bits per heavy atom. The van der Waals surface area contributed by atoms with Gasteiger partial charge in [0.05, 0.1) is 24.1 Å². The third-order valence-corrected chi connectivity index (χ3v) is 5.14. The summed E-state index contributed by atoms with van der Waals surface area (Å²) in [6.45, 7) is 0. The van der Waals surface area contributed by atoms with Gasteiger partial charge in [-0.3, -0.25) is 14.5 Å². The maximum absolute atomic E-state index is 13.8. The molecule has 0 radical (unpaired) electrons. The van der Waals surface area contributed by atoms with Gasteiger partial charge >= 0.3 is 0 Å². The monoisotopic (exact) mass is 402 g/mol. The van der Waals surface area contributed by atoms with Crippen molar-refractivity contribution in [2.24, 2.45) is 0 Å². The summed E-state index contributed by atoms with van der Waals surface area (Å²) in [7, 11) is 1.54. The molecule has 0 unspecified atom stereocenters. The van der Waals surface area contributed by atoms with Gasteiger partial charge in [-0.25, -0.2) is 9.37 Å². The molecule has 6 nitrogen and oxygen atoms in total. The minimum absolute atomic E-state index is 0.0717. The number of amides is 1. The Labute approximate surface area is 170 Å². The molecule has 0 saturated heterocycles. The maximum atomic E-state index is 13.8. The lowest BCUT2D eigenvalue weighted by atomic mass is 9.98. The average Bonchev–Trinajstić information content (AvgIpc) is 3.07. The van der Waals surface area contributed by atoms with Crippen molar-refractivity contribution in [2.45, 2.75) is 6.04 Å². The van der Waals surface area contributed by atoms with Gasteiger partial charge in [0.25, 0.3) is 5.91 Å². The van der Waals surface area contributed by atoms with Crippen molar-refractivity contribution >= 4 is 22.7 Å². The van der Waals surface area contributed by atoms with Crippen LogP contribution in [0.25, 0.3) is 11.0 Å². The standard InChI is InChI=1S/C23H15FN2O4/c1-29-15-6-4-5-13(11-15)20-19-21(27)16-12-14(24)8-9-17(16)30-22(19)23(28)26(20)18-7-2-3-10-25-18/h2-12,20H,1H3/t20-/m0/s1. The summed E-state index contributed by atoms with van der Waals surface area (Å²) in [6.07, 6.45) is 1.56. The number of benzene rings is 2. The van der Waals surface area contributed by atoms with Gasteiger partial charge in [0.2, 0.25) is 5.76 Å². The Bertz CT molecular complexity index is 1350. The van der Waals surface area contributed by atoms with E-state index in [1.54, 1.807) is 48.7 Å². The molecule has 0 aliphatic carbocycles. The predicted molar refractivity (Wildman–Crippen MR) is 108 cm³/mol.